The lowest BCUT2D eigenvalue weighted by Gasteiger charge is -2.03. The Balaban J connectivity index is -0.000000129. The molecule has 3 rings (SSSR count). The van der Waals surface area contributed by atoms with Crippen molar-refractivity contribution in [2.24, 2.45) is 0 Å². The van der Waals surface area contributed by atoms with Gasteiger partial charge in [0.1, 0.15) is 28.9 Å². The van der Waals surface area contributed by atoms with Crippen LogP contribution in [0.4, 0.5) is 4.39 Å². The number of aliphatic hydroxyl groups is 1. The fourth-order valence-corrected chi connectivity index (χ4v) is 2.50. The lowest BCUT2D eigenvalue weighted by molar-refractivity contribution is -0.137. The second kappa shape index (κ2) is 43.2. The number of nitriles is 3. The van der Waals surface area contributed by atoms with E-state index in [4.69, 9.17) is 35.5 Å². The van der Waals surface area contributed by atoms with Gasteiger partial charge in [0.05, 0.1) is 54.5 Å². The van der Waals surface area contributed by atoms with Crippen molar-refractivity contribution in [3.8, 4) is 29.7 Å². The number of carbonyl (C=O) groups is 3. The highest BCUT2D eigenvalue weighted by Crippen LogP contribution is 2.12. The Bertz CT molecular complexity index is 1320. The summed E-state index contributed by atoms with van der Waals surface area (Å²) in [5.74, 6) is 0.208. The molecule has 0 spiro atoms. The molecule has 0 aliphatic rings. The average Bonchev–Trinajstić information content (AvgIpc) is 3.12. The summed E-state index contributed by atoms with van der Waals surface area (Å²) in [7, 11) is 0. The number of carboxylic acids is 1. The van der Waals surface area contributed by atoms with Gasteiger partial charge in [0.25, 0.3) is 0 Å². The number of hydrogen-bond donors (Lipinski definition) is 2. The Morgan fingerprint density at radius 1 is 0.608 bits per heavy atom. The van der Waals surface area contributed by atoms with Crippen LogP contribution in [0.5, 0.6) is 11.5 Å². The first kappa shape index (κ1) is 58.4. The fraction of sp³-hybridized carbons (Fsp3) is 0.385. The van der Waals surface area contributed by atoms with Crippen molar-refractivity contribution in [3.05, 3.63) is 95.3 Å². The third-order valence-electron chi connectivity index (χ3n) is 4.71. The number of aliphatic hydroxyl groups excluding tert-OH is 1. The van der Waals surface area contributed by atoms with Crippen LogP contribution in [-0.4, -0.2) is 47.6 Å². The van der Waals surface area contributed by atoms with Crippen LogP contribution in [0.2, 0.25) is 0 Å². The maximum atomic E-state index is 12.1. The summed E-state index contributed by atoms with van der Waals surface area (Å²) >= 11 is 0. The third kappa shape index (κ3) is 39.5. The zero-order valence-electron chi connectivity index (χ0n) is 30.2. The predicted octanol–water partition coefficient (Wildman–Crippen LogP) is 9.32. The number of Topliss-reactive ketones (excluding diaryl/α,β-unsaturated/α-hetero) is 2. The van der Waals surface area contributed by atoms with Crippen molar-refractivity contribution < 1.29 is 38.5 Å². The monoisotopic (exact) mass is 823 g/mol. The van der Waals surface area contributed by atoms with Crippen molar-refractivity contribution in [1.29, 1.82) is 15.8 Å². The minimum Gasteiger partial charge on any atom is -0.493 e. The molecule has 10 nitrogen and oxygen atoms in total. The van der Waals surface area contributed by atoms with Gasteiger partial charge in [-0.15, -0.1) is 24.0 Å². The lowest BCUT2D eigenvalue weighted by Crippen LogP contribution is -2.04. The molecule has 0 aromatic heterocycles. The second-order valence-electron chi connectivity index (χ2n) is 8.36. The van der Waals surface area contributed by atoms with E-state index in [1.54, 1.807) is 48.5 Å². The van der Waals surface area contributed by atoms with Crippen molar-refractivity contribution in [1.82, 2.24) is 0 Å². The van der Waals surface area contributed by atoms with Gasteiger partial charge in [-0.2, -0.15) is 15.8 Å². The number of aliphatic carboxylic acids is 1. The number of rotatable bonds is 10. The summed E-state index contributed by atoms with van der Waals surface area (Å²) in [5, 5.41) is 41.7. The lowest BCUT2D eigenvalue weighted by atomic mass is 10.2. The van der Waals surface area contributed by atoms with Crippen molar-refractivity contribution >= 4 is 41.5 Å². The first-order chi connectivity index (χ1) is 23.5. The van der Waals surface area contributed by atoms with Crippen molar-refractivity contribution in [2.75, 3.05) is 19.8 Å². The molecule has 0 saturated heterocycles. The quantitative estimate of drug-likeness (QED) is 0.187. The van der Waals surface area contributed by atoms with Gasteiger partial charge in [0.2, 0.25) is 0 Å². The molecule has 0 fully saturated rings. The van der Waals surface area contributed by atoms with Gasteiger partial charge in [-0.1, -0.05) is 49.0 Å². The average molecular weight is 824 g/mol. The highest BCUT2D eigenvalue weighted by molar-refractivity contribution is 14.0. The number of carbonyl (C=O) groups excluding carboxylic acids is 2. The van der Waals surface area contributed by atoms with Gasteiger partial charge in [-0.05, 0) is 86.6 Å². The van der Waals surface area contributed by atoms with E-state index < -0.39 is 5.97 Å². The molecular weight excluding hydrogens is 768 g/mol. The second-order valence-corrected chi connectivity index (χ2v) is 8.36. The number of carboxylic acid groups (broad SMARTS) is 1. The molecular formula is C39H55FIN3O7. The van der Waals surface area contributed by atoms with E-state index in [0.29, 0.717) is 47.6 Å². The van der Waals surface area contributed by atoms with E-state index >= 15 is 0 Å². The summed E-state index contributed by atoms with van der Waals surface area (Å²) in [5.41, 5.74) is 1.64. The highest BCUT2D eigenvalue weighted by Gasteiger charge is 1.99. The standard InChI is InChI=1S/C11H11NO2.C10H9NO3.C7H4FN.C4H8O2.3C2H6.CH4.HI/c1-9(13)6-7-14-11-4-2-10(8-12)3-5-11;11-7-8-1-3-9(4-2-8)14-6-5-10(12)13;8-7-3-1-6(5-9)2-4-7;1-4(6)2-3-5;3*1-2;;/h2-5H,6-7H2,1H3;1-4H,5-6H2,(H,12,13);1-4H;5H,2-3H2,1H3;3*1-2H3;1H4;1H. The molecule has 51 heavy (non-hydrogen) atoms. The van der Waals surface area contributed by atoms with Crippen LogP contribution in [0.25, 0.3) is 0 Å². The Kier molecular flexibility index (Phi) is 49.4. The summed E-state index contributed by atoms with van der Waals surface area (Å²) in [6.07, 6.45) is 0.681. The molecule has 0 radical (unpaired) electrons. The minimum absolute atomic E-state index is 0. The van der Waals surface area contributed by atoms with Crippen LogP contribution in [0.3, 0.4) is 0 Å². The molecule has 0 bridgehead atoms. The topological polar surface area (TPSA) is 181 Å². The largest absolute Gasteiger partial charge is 0.493 e. The summed E-state index contributed by atoms with van der Waals surface area (Å²) in [4.78, 5) is 30.7. The summed E-state index contributed by atoms with van der Waals surface area (Å²) in [6, 6.07) is 24.6. The SMILES string of the molecule is C.CC.CC.CC.CC(=O)CCO.CC(=O)CCOc1ccc(C#N)cc1.I.N#Cc1ccc(F)cc1.N#Cc1ccc(OCCC(=O)O)cc1. The molecule has 0 aliphatic heterocycles. The van der Waals surface area contributed by atoms with Gasteiger partial charge in [0.15, 0.2) is 0 Å². The molecule has 0 atom stereocenters. The van der Waals surface area contributed by atoms with E-state index in [-0.39, 0.29) is 68.4 Å². The number of halogens is 2. The highest BCUT2D eigenvalue weighted by atomic mass is 127. The summed E-state index contributed by atoms with van der Waals surface area (Å²) < 4.78 is 22.5. The van der Waals surface area contributed by atoms with Gasteiger partial charge in [-0.25, -0.2) is 4.39 Å². The Hall–Kier alpha value is -4.84. The zero-order valence-corrected chi connectivity index (χ0v) is 32.6. The maximum absolute atomic E-state index is 12.1. The van der Waals surface area contributed by atoms with Crippen molar-refractivity contribution in [2.45, 2.75) is 82.1 Å². The third-order valence-corrected chi connectivity index (χ3v) is 4.71. The molecule has 0 aliphatic carbocycles. The molecule has 0 amide bonds. The van der Waals surface area contributed by atoms with Crippen LogP contribution in [-0.2, 0) is 14.4 Å². The first-order valence-electron chi connectivity index (χ1n) is 15.8. The fourth-order valence-electron chi connectivity index (χ4n) is 2.50. The molecule has 2 N–H and O–H groups in total. The molecule has 0 saturated carbocycles. The molecule has 12 heteroatoms. The van der Waals surface area contributed by atoms with E-state index in [0.717, 1.165) is 0 Å². The number of ether oxygens (including phenoxy) is 2. The van der Waals surface area contributed by atoms with Gasteiger partial charge < -0.3 is 19.7 Å². The number of hydrogen-bond acceptors (Lipinski definition) is 9. The smallest absolute Gasteiger partial charge is 0.306 e. The minimum atomic E-state index is -0.890. The van der Waals surface area contributed by atoms with Crippen LogP contribution in [0.1, 0.15) is 98.8 Å². The van der Waals surface area contributed by atoms with E-state index in [2.05, 4.69) is 0 Å². The van der Waals surface area contributed by atoms with Crippen LogP contribution in [0, 0.1) is 39.8 Å². The zero-order chi connectivity index (χ0) is 38.5. The summed E-state index contributed by atoms with van der Waals surface area (Å²) in [6.45, 7) is 15.5. The van der Waals surface area contributed by atoms with Crippen LogP contribution in [0.15, 0.2) is 72.8 Å². The van der Waals surface area contributed by atoms with Crippen LogP contribution >= 0.6 is 24.0 Å². The normalized spacial score (nSPS) is 7.82. The van der Waals surface area contributed by atoms with Gasteiger partial charge in [-0.3, -0.25) is 14.4 Å². The first-order valence-corrected chi connectivity index (χ1v) is 15.8. The van der Waals surface area contributed by atoms with Crippen LogP contribution < -0.4 is 9.47 Å². The number of nitrogens with zero attached hydrogens (tertiary/aromatic N) is 3. The van der Waals surface area contributed by atoms with Gasteiger partial charge >= 0.3 is 5.97 Å². The number of benzene rings is 3. The Labute approximate surface area is 321 Å². The molecule has 3 aromatic carbocycles. The number of ketones is 2. The maximum Gasteiger partial charge on any atom is 0.306 e. The van der Waals surface area contributed by atoms with E-state index in [1.165, 1.54) is 38.1 Å². The molecule has 282 valence electrons. The van der Waals surface area contributed by atoms with E-state index in [9.17, 15) is 18.8 Å². The molecule has 0 heterocycles. The van der Waals surface area contributed by atoms with Gasteiger partial charge in [0, 0.05) is 19.4 Å². The molecule has 0 unspecified atom stereocenters. The Morgan fingerprint density at radius 2 is 0.902 bits per heavy atom. The van der Waals surface area contributed by atoms with E-state index in [1.807, 2.05) is 59.8 Å². The molecule has 3 aromatic rings. The Morgan fingerprint density at radius 3 is 1.14 bits per heavy atom. The predicted molar refractivity (Wildman–Crippen MR) is 211 cm³/mol. The van der Waals surface area contributed by atoms with Crippen molar-refractivity contribution in [3.63, 3.8) is 0 Å².